The highest BCUT2D eigenvalue weighted by Crippen LogP contribution is 2.21. The second-order valence-corrected chi connectivity index (χ2v) is 5.04. The highest BCUT2D eigenvalue weighted by molar-refractivity contribution is 5.76. The van der Waals surface area contributed by atoms with Gasteiger partial charge in [-0.1, -0.05) is 13.8 Å². The largest absolute Gasteiger partial charge is 0.393 e. The van der Waals surface area contributed by atoms with Crippen LogP contribution in [-0.4, -0.2) is 47.7 Å². The Morgan fingerprint density at radius 2 is 2.18 bits per heavy atom. The molecule has 100 valence electrons. The molecule has 0 aromatic carbocycles. The van der Waals surface area contributed by atoms with Crippen molar-refractivity contribution in [3.05, 3.63) is 0 Å². The molecule has 1 rings (SSSR count). The minimum atomic E-state index is -0.339. The molecule has 17 heavy (non-hydrogen) atoms. The summed E-state index contributed by atoms with van der Waals surface area (Å²) in [6.45, 7) is 8.32. The molecular weight excluding hydrogens is 216 g/mol. The molecule has 3 atom stereocenters. The first-order valence-corrected chi connectivity index (χ1v) is 6.77. The zero-order chi connectivity index (χ0) is 12.8. The van der Waals surface area contributed by atoms with E-state index in [0.717, 1.165) is 25.9 Å². The van der Waals surface area contributed by atoms with Gasteiger partial charge in [-0.25, -0.2) is 0 Å². The Kier molecular flexibility index (Phi) is 5.92. The van der Waals surface area contributed by atoms with E-state index in [1.807, 2.05) is 18.7 Å². The lowest BCUT2D eigenvalue weighted by atomic mass is 9.90. The first-order valence-electron chi connectivity index (χ1n) is 6.77. The Balaban J connectivity index is 2.61. The normalized spacial score (nSPS) is 26.9. The summed E-state index contributed by atoms with van der Waals surface area (Å²) >= 11 is 0. The van der Waals surface area contributed by atoms with E-state index < -0.39 is 0 Å². The van der Waals surface area contributed by atoms with Crippen molar-refractivity contribution in [2.45, 2.75) is 52.2 Å². The van der Waals surface area contributed by atoms with E-state index in [2.05, 4.69) is 12.2 Å². The number of nitrogens with zero attached hydrogens (tertiary/aromatic N) is 1. The van der Waals surface area contributed by atoms with Crippen molar-refractivity contribution in [1.29, 1.82) is 0 Å². The van der Waals surface area contributed by atoms with Gasteiger partial charge in [-0.2, -0.15) is 0 Å². The van der Waals surface area contributed by atoms with E-state index in [9.17, 15) is 9.90 Å². The number of carbonyl (C=O) groups excluding carboxylic acids is 1. The van der Waals surface area contributed by atoms with E-state index in [1.54, 1.807) is 0 Å². The SMILES string of the molecule is CCCC(=O)N1CC(NCC)CC(C(C)O)C1. The zero-order valence-corrected chi connectivity index (χ0v) is 11.3. The quantitative estimate of drug-likeness (QED) is 0.756. The first-order chi connectivity index (χ1) is 8.08. The highest BCUT2D eigenvalue weighted by atomic mass is 16.3. The van der Waals surface area contributed by atoms with Gasteiger partial charge in [0.15, 0.2) is 0 Å². The molecule has 1 amide bonds. The van der Waals surface area contributed by atoms with Gasteiger partial charge >= 0.3 is 0 Å². The molecular formula is C13H26N2O2. The third-order valence-corrected chi connectivity index (χ3v) is 3.47. The fraction of sp³-hybridized carbons (Fsp3) is 0.923. The van der Waals surface area contributed by atoms with E-state index in [4.69, 9.17) is 0 Å². The number of likely N-dealkylation sites (tertiary alicyclic amines) is 1. The summed E-state index contributed by atoms with van der Waals surface area (Å²) in [5.41, 5.74) is 0. The fourth-order valence-corrected chi connectivity index (χ4v) is 2.50. The number of hydrogen-bond donors (Lipinski definition) is 2. The van der Waals surface area contributed by atoms with Crippen molar-refractivity contribution in [1.82, 2.24) is 10.2 Å². The Morgan fingerprint density at radius 3 is 2.71 bits per heavy atom. The number of rotatable bonds is 5. The van der Waals surface area contributed by atoms with Gasteiger partial charge in [-0.15, -0.1) is 0 Å². The van der Waals surface area contributed by atoms with Crippen LogP contribution < -0.4 is 5.32 Å². The molecule has 1 fully saturated rings. The van der Waals surface area contributed by atoms with Gasteiger partial charge in [-0.05, 0) is 26.3 Å². The van der Waals surface area contributed by atoms with Gasteiger partial charge in [-0.3, -0.25) is 4.79 Å². The summed E-state index contributed by atoms with van der Waals surface area (Å²) in [6, 6.07) is 0.328. The maximum absolute atomic E-state index is 11.9. The Bertz CT molecular complexity index is 244. The molecule has 0 aromatic rings. The number of aliphatic hydroxyl groups is 1. The van der Waals surface area contributed by atoms with Gasteiger partial charge < -0.3 is 15.3 Å². The smallest absolute Gasteiger partial charge is 0.222 e. The van der Waals surface area contributed by atoms with Gasteiger partial charge in [0.25, 0.3) is 0 Å². The number of amides is 1. The average molecular weight is 242 g/mol. The van der Waals surface area contributed by atoms with Crippen molar-refractivity contribution in [2.24, 2.45) is 5.92 Å². The van der Waals surface area contributed by atoms with E-state index in [0.29, 0.717) is 19.0 Å². The summed E-state index contributed by atoms with van der Waals surface area (Å²) in [7, 11) is 0. The van der Waals surface area contributed by atoms with Crippen molar-refractivity contribution in [3.8, 4) is 0 Å². The van der Waals surface area contributed by atoms with E-state index >= 15 is 0 Å². The molecule has 1 saturated heterocycles. The minimum absolute atomic E-state index is 0.202. The van der Waals surface area contributed by atoms with Crippen molar-refractivity contribution in [2.75, 3.05) is 19.6 Å². The monoisotopic (exact) mass is 242 g/mol. The third kappa shape index (κ3) is 4.28. The first kappa shape index (κ1) is 14.5. The lowest BCUT2D eigenvalue weighted by Gasteiger charge is -2.39. The van der Waals surface area contributed by atoms with Crippen molar-refractivity contribution < 1.29 is 9.90 Å². The van der Waals surface area contributed by atoms with Crippen molar-refractivity contribution in [3.63, 3.8) is 0 Å². The maximum Gasteiger partial charge on any atom is 0.222 e. The number of nitrogens with one attached hydrogen (secondary N) is 1. The van der Waals surface area contributed by atoms with Gasteiger partial charge in [0.05, 0.1) is 6.10 Å². The Hall–Kier alpha value is -0.610. The maximum atomic E-state index is 11.9. The Labute approximate surface area is 104 Å². The summed E-state index contributed by atoms with van der Waals surface area (Å²) in [5.74, 6) is 0.425. The van der Waals surface area contributed by atoms with Crippen LogP contribution in [0.1, 0.15) is 40.0 Å². The lowest BCUT2D eigenvalue weighted by Crippen LogP contribution is -2.53. The fourth-order valence-electron chi connectivity index (χ4n) is 2.50. The van der Waals surface area contributed by atoms with Gasteiger partial charge in [0.2, 0.25) is 5.91 Å². The van der Waals surface area contributed by atoms with Crippen LogP contribution in [0.5, 0.6) is 0 Å². The third-order valence-electron chi connectivity index (χ3n) is 3.47. The number of carbonyl (C=O) groups is 1. The molecule has 2 N–H and O–H groups in total. The van der Waals surface area contributed by atoms with E-state index in [1.165, 1.54) is 0 Å². The number of piperidine rings is 1. The summed E-state index contributed by atoms with van der Waals surface area (Å²) < 4.78 is 0. The summed E-state index contributed by atoms with van der Waals surface area (Å²) in [6.07, 6.45) is 2.13. The molecule has 1 aliphatic heterocycles. The molecule has 0 radical (unpaired) electrons. The summed E-state index contributed by atoms with van der Waals surface area (Å²) in [4.78, 5) is 13.8. The average Bonchev–Trinajstić information content (AvgIpc) is 2.29. The molecule has 0 spiro atoms. The predicted molar refractivity (Wildman–Crippen MR) is 68.7 cm³/mol. The second kappa shape index (κ2) is 6.97. The summed E-state index contributed by atoms with van der Waals surface area (Å²) in [5, 5.41) is 13.1. The molecule has 1 heterocycles. The zero-order valence-electron chi connectivity index (χ0n) is 11.3. The molecule has 4 heteroatoms. The standard InChI is InChI=1S/C13H26N2O2/c1-4-6-13(17)15-8-11(10(3)16)7-12(9-15)14-5-2/h10-12,14,16H,4-9H2,1-3H3. The number of likely N-dealkylation sites (N-methyl/N-ethyl adjacent to an activating group) is 1. The van der Waals surface area contributed by atoms with E-state index in [-0.39, 0.29) is 17.9 Å². The molecule has 1 aliphatic rings. The van der Waals surface area contributed by atoms with Crippen LogP contribution in [0.25, 0.3) is 0 Å². The Morgan fingerprint density at radius 1 is 1.47 bits per heavy atom. The number of hydrogen-bond acceptors (Lipinski definition) is 3. The lowest BCUT2D eigenvalue weighted by molar-refractivity contribution is -0.134. The van der Waals surface area contributed by atoms with Crippen LogP contribution in [0.2, 0.25) is 0 Å². The van der Waals surface area contributed by atoms with Crippen LogP contribution >= 0.6 is 0 Å². The van der Waals surface area contributed by atoms with Crippen molar-refractivity contribution >= 4 is 5.91 Å². The molecule has 0 saturated carbocycles. The highest BCUT2D eigenvalue weighted by Gasteiger charge is 2.31. The molecule has 0 aromatic heterocycles. The molecule has 4 nitrogen and oxygen atoms in total. The topological polar surface area (TPSA) is 52.6 Å². The van der Waals surface area contributed by atoms with Crippen LogP contribution in [0.15, 0.2) is 0 Å². The molecule has 0 bridgehead atoms. The van der Waals surface area contributed by atoms with Gasteiger partial charge in [0, 0.05) is 31.5 Å². The number of aliphatic hydroxyl groups excluding tert-OH is 1. The van der Waals surface area contributed by atoms with Crippen LogP contribution in [0.4, 0.5) is 0 Å². The van der Waals surface area contributed by atoms with Gasteiger partial charge in [0.1, 0.15) is 0 Å². The molecule has 3 unspecified atom stereocenters. The predicted octanol–water partition coefficient (Wildman–Crippen LogP) is 0.994. The van der Waals surface area contributed by atoms with Crippen LogP contribution in [0, 0.1) is 5.92 Å². The second-order valence-electron chi connectivity index (χ2n) is 5.04. The van der Waals surface area contributed by atoms with Crippen LogP contribution in [-0.2, 0) is 4.79 Å². The van der Waals surface area contributed by atoms with Crippen LogP contribution in [0.3, 0.4) is 0 Å². The molecule has 0 aliphatic carbocycles. The minimum Gasteiger partial charge on any atom is -0.393 e.